The van der Waals surface area contributed by atoms with Crippen molar-refractivity contribution in [3.05, 3.63) is 53.7 Å². The van der Waals surface area contributed by atoms with Gasteiger partial charge in [0, 0.05) is 32.1 Å². The van der Waals surface area contributed by atoms with E-state index in [0.29, 0.717) is 32.4 Å². The Morgan fingerprint density at radius 1 is 1.04 bits per heavy atom. The molecule has 0 radical (unpaired) electrons. The van der Waals surface area contributed by atoms with Gasteiger partial charge in [-0.2, -0.15) is 0 Å². The summed E-state index contributed by atoms with van der Waals surface area (Å²) in [5.41, 5.74) is 10.4. The van der Waals surface area contributed by atoms with Crippen molar-refractivity contribution in [3.8, 4) is 22.4 Å². The number of carbonyl (C=O) groups excluding carboxylic acids is 1. The molecule has 7 nitrogen and oxygen atoms in total. The van der Waals surface area contributed by atoms with E-state index in [-0.39, 0.29) is 5.91 Å². The molecule has 0 aliphatic heterocycles. The molecule has 4 aromatic rings. The first-order chi connectivity index (χ1) is 13.6. The lowest BCUT2D eigenvalue weighted by Gasteiger charge is -2.09. The average molecular weight is 390 g/mol. The van der Waals surface area contributed by atoms with E-state index >= 15 is 0 Å². The summed E-state index contributed by atoms with van der Waals surface area (Å²) in [4.78, 5) is 26.5. The molecule has 0 spiro atoms. The number of anilines is 2. The Labute approximate surface area is 165 Å². The highest BCUT2D eigenvalue weighted by Gasteiger charge is 2.21. The molecule has 8 heteroatoms. The second-order valence-corrected chi connectivity index (χ2v) is 7.07. The van der Waals surface area contributed by atoms with Crippen molar-refractivity contribution in [2.75, 3.05) is 25.1 Å². The first-order valence-corrected chi connectivity index (χ1v) is 9.44. The number of nitrogen functional groups attached to an aromatic ring is 1. The average Bonchev–Trinajstić information content (AvgIpc) is 3.09. The lowest BCUT2D eigenvalue weighted by molar-refractivity contribution is 0.0968. The number of nitrogens with zero attached hydrogens (tertiary/aromatic N) is 3. The molecule has 0 unspecified atom stereocenters. The predicted molar refractivity (Wildman–Crippen MR) is 113 cm³/mol. The fourth-order valence-corrected chi connectivity index (χ4v) is 4.06. The van der Waals surface area contributed by atoms with Crippen LogP contribution in [0.15, 0.2) is 48.8 Å². The van der Waals surface area contributed by atoms with Crippen molar-refractivity contribution >= 4 is 39.1 Å². The van der Waals surface area contributed by atoms with Gasteiger partial charge in [0.1, 0.15) is 9.71 Å². The summed E-state index contributed by atoms with van der Waals surface area (Å²) in [7, 11) is 3.34. The number of nitrogens with two attached hydrogens (primary N) is 1. The van der Waals surface area contributed by atoms with Crippen LogP contribution < -0.4 is 16.4 Å². The molecule has 140 valence electrons. The maximum atomic E-state index is 12.2. The summed E-state index contributed by atoms with van der Waals surface area (Å²) in [5.74, 6) is 0.240. The highest BCUT2D eigenvalue weighted by Crippen LogP contribution is 2.39. The lowest BCUT2D eigenvalue weighted by atomic mass is 10.0. The van der Waals surface area contributed by atoms with E-state index in [2.05, 4.69) is 25.6 Å². The summed E-state index contributed by atoms with van der Waals surface area (Å²) in [6.07, 6.45) is 3.52. The third kappa shape index (κ3) is 3.03. The largest absolute Gasteiger partial charge is 0.397 e. The number of amides is 1. The molecule has 3 heterocycles. The summed E-state index contributed by atoms with van der Waals surface area (Å²) >= 11 is 1.26. The number of fused-ring (bicyclic) bond motifs is 1. The van der Waals surface area contributed by atoms with Gasteiger partial charge in [-0.15, -0.1) is 11.3 Å². The SMILES string of the molecule is CNC(=O)c1sc2nc(NC)nc(-c3cccc(-c4ccncc4)c3)c2c1N. The van der Waals surface area contributed by atoms with Crippen molar-refractivity contribution < 1.29 is 4.79 Å². The predicted octanol–water partition coefficient (Wildman–Crippen LogP) is 3.40. The normalized spacial score (nSPS) is 10.8. The second-order valence-electron chi connectivity index (χ2n) is 6.07. The maximum absolute atomic E-state index is 12.2. The molecule has 1 aromatic carbocycles. The molecule has 3 aromatic heterocycles. The Bertz CT molecular complexity index is 1170. The Morgan fingerprint density at radius 2 is 1.79 bits per heavy atom. The highest BCUT2D eigenvalue weighted by molar-refractivity contribution is 7.21. The summed E-state index contributed by atoms with van der Waals surface area (Å²) in [5, 5.41) is 6.29. The van der Waals surface area contributed by atoms with E-state index in [4.69, 9.17) is 5.73 Å². The number of carbonyl (C=O) groups is 1. The Kier molecular flexibility index (Phi) is 4.62. The number of thiophene rings is 1. The first-order valence-electron chi connectivity index (χ1n) is 8.63. The minimum Gasteiger partial charge on any atom is -0.397 e. The Morgan fingerprint density at radius 3 is 2.50 bits per heavy atom. The van der Waals surface area contributed by atoms with Crippen LogP contribution in [0.3, 0.4) is 0 Å². The van der Waals surface area contributed by atoms with Crippen LogP contribution in [0.5, 0.6) is 0 Å². The fourth-order valence-electron chi connectivity index (χ4n) is 3.02. The number of nitrogens with one attached hydrogen (secondary N) is 2. The number of pyridine rings is 1. The highest BCUT2D eigenvalue weighted by atomic mass is 32.1. The van der Waals surface area contributed by atoms with E-state index in [1.807, 2.05) is 36.4 Å². The molecule has 4 N–H and O–H groups in total. The zero-order valence-corrected chi connectivity index (χ0v) is 16.2. The van der Waals surface area contributed by atoms with Crippen LogP contribution in [0, 0.1) is 0 Å². The van der Waals surface area contributed by atoms with Crippen LogP contribution in [0.25, 0.3) is 32.6 Å². The van der Waals surface area contributed by atoms with E-state index < -0.39 is 0 Å². The van der Waals surface area contributed by atoms with E-state index in [1.54, 1.807) is 26.5 Å². The van der Waals surface area contributed by atoms with E-state index in [1.165, 1.54) is 11.3 Å². The van der Waals surface area contributed by atoms with Gasteiger partial charge in [0.25, 0.3) is 5.91 Å². The zero-order valence-electron chi connectivity index (χ0n) is 15.4. The van der Waals surface area contributed by atoms with Gasteiger partial charge < -0.3 is 16.4 Å². The summed E-state index contributed by atoms with van der Waals surface area (Å²) in [6.45, 7) is 0. The summed E-state index contributed by atoms with van der Waals surface area (Å²) in [6, 6.07) is 11.9. The zero-order chi connectivity index (χ0) is 19.7. The molecule has 0 bridgehead atoms. The molecule has 0 aliphatic carbocycles. The molecule has 0 aliphatic rings. The van der Waals surface area contributed by atoms with E-state index in [9.17, 15) is 4.79 Å². The molecule has 0 atom stereocenters. The fraction of sp³-hybridized carbons (Fsp3) is 0.100. The van der Waals surface area contributed by atoms with Gasteiger partial charge in [-0.3, -0.25) is 9.78 Å². The minimum atomic E-state index is -0.233. The molecule has 28 heavy (non-hydrogen) atoms. The van der Waals surface area contributed by atoms with Crippen LogP contribution in [-0.2, 0) is 0 Å². The number of aromatic nitrogens is 3. The van der Waals surface area contributed by atoms with Crippen LogP contribution in [-0.4, -0.2) is 35.0 Å². The molecule has 0 saturated heterocycles. The van der Waals surface area contributed by atoms with Crippen molar-refractivity contribution in [1.29, 1.82) is 0 Å². The first kappa shape index (κ1) is 17.9. The number of hydrogen-bond acceptors (Lipinski definition) is 7. The van der Waals surface area contributed by atoms with Crippen LogP contribution in [0.1, 0.15) is 9.67 Å². The van der Waals surface area contributed by atoms with Crippen molar-refractivity contribution in [2.45, 2.75) is 0 Å². The standard InChI is InChI=1S/C20H18N6OS/c1-22-18(27)17-15(21)14-16(25-20(23-2)26-19(14)28-17)13-5-3-4-12(10-13)11-6-8-24-9-7-11/h3-10H,21H2,1-2H3,(H,22,27)(H,23,25,26). The van der Waals surface area contributed by atoms with Gasteiger partial charge >= 0.3 is 0 Å². The van der Waals surface area contributed by atoms with E-state index in [0.717, 1.165) is 16.7 Å². The van der Waals surface area contributed by atoms with Gasteiger partial charge in [0.15, 0.2) is 0 Å². The molecular weight excluding hydrogens is 372 g/mol. The van der Waals surface area contributed by atoms with Crippen LogP contribution in [0.4, 0.5) is 11.6 Å². The third-order valence-electron chi connectivity index (χ3n) is 4.40. The molecular formula is C20H18N6OS. The monoisotopic (exact) mass is 390 g/mol. The summed E-state index contributed by atoms with van der Waals surface area (Å²) < 4.78 is 0. The topological polar surface area (TPSA) is 106 Å². The van der Waals surface area contributed by atoms with Crippen molar-refractivity contribution in [3.63, 3.8) is 0 Å². The third-order valence-corrected chi connectivity index (χ3v) is 5.49. The number of rotatable bonds is 4. The molecule has 0 saturated carbocycles. The Hall–Kier alpha value is -3.52. The van der Waals surface area contributed by atoms with Gasteiger partial charge in [-0.05, 0) is 29.3 Å². The lowest BCUT2D eigenvalue weighted by Crippen LogP contribution is -2.17. The smallest absolute Gasteiger partial charge is 0.263 e. The number of benzene rings is 1. The van der Waals surface area contributed by atoms with Gasteiger partial charge in [-0.1, -0.05) is 18.2 Å². The Balaban J connectivity index is 1.95. The van der Waals surface area contributed by atoms with Crippen molar-refractivity contribution in [2.24, 2.45) is 0 Å². The van der Waals surface area contributed by atoms with Crippen molar-refractivity contribution in [1.82, 2.24) is 20.3 Å². The maximum Gasteiger partial charge on any atom is 0.263 e. The number of hydrogen-bond donors (Lipinski definition) is 3. The quantitative estimate of drug-likeness (QED) is 0.493. The second kappa shape index (κ2) is 7.24. The van der Waals surface area contributed by atoms with Crippen LogP contribution >= 0.6 is 11.3 Å². The van der Waals surface area contributed by atoms with Gasteiger partial charge in [-0.25, -0.2) is 9.97 Å². The van der Waals surface area contributed by atoms with Crippen LogP contribution in [0.2, 0.25) is 0 Å². The minimum absolute atomic E-state index is 0.233. The van der Waals surface area contributed by atoms with Gasteiger partial charge in [0.05, 0.1) is 16.8 Å². The molecule has 1 amide bonds. The molecule has 4 rings (SSSR count). The van der Waals surface area contributed by atoms with Gasteiger partial charge in [0.2, 0.25) is 5.95 Å². The molecule has 0 fully saturated rings.